The van der Waals surface area contributed by atoms with Gasteiger partial charge in [-0.25, -0.2) is 8.42 Å². The third-order valence-electron chi connectivity index (χ3n) is 2.03. The molecule has 0 saturated carbocycles. The van der Waals surface area contributed by atoms with E-state index in [1.165, 1.54) is 17.4 Å². The smallest absolute Gasteiger partial charge is 0.207 e. The predicted molar refractivity (Wildman–Crippen MR) is 69.7 cm³/mol. The van der Waals surface area contributed by atoms with E-state index in [0.717, 1.165) is 0 Å². The Morgan fingerprint density at radius 2 is 2.00 bits per heavy atom. The van der Waals surface area contributed by atoms with E-state index in [1.807, 2.05) is 6.92 Å². The summed E-state index contributed by atoms with van der Waals surface area (Å²) in [6.45, 7) is 2.28. The maximum absolute atomic E-state index is 12.1. The van der Waals surface area contributed by atoms with Crippen LogP contribution in [0.3, 0.4) is 0 Å². The Labute approximate surface area is 110 Å². The van der Waals surface area contributed by atoms with Gasteiger partial charge in [-0.15, -0.1) is 0 Å². The zero-order valence-corrected chi connectivity index (χ0v) is 12.2. The lowest BCUT2D eigenvalue weighted by atomic mass is 10.4. The highest BCUT2D eigenvalue weighted by atomic mass is 79.9. The number of nitrogens with zero attached hydrogens (tertiary/aromatic N) is 1. The van der Waals surface area contributed by atoms with Gasteiger partial charge in [0.25, 0.3) is 0 Å². The van der Waals surface area contributed by atoms with Crippen LogP contribution in [0.25, 0.3) is 0 Å². The van der Waals surface area contributed by atoms with Gasteiger partial charge in [-0.05, 0) is 12.1 Å². The van der Waals surface area contributed by atoms with Crippen molar-refractivity contribution in [1.82, 2.24) is 4.31 Å². The first kappa shape index (κ1) is 14.0. The number of benzene rings is 1. The molecule has 3 nitrogen and oxygen atoms in total. The summed E-state index contributed by atoms with van der Waals surface area (Å²) in [5.41, 5.74) is 0. The summed E-state index contributed by atoms with van der Waals surface area (Å²) in [7, 11) is -1.96. The molecule has 0 aliphatic heterocycles. The molecular formula is C10H13BrClNO2S. The molecule has 1 atom stereocenters. The van der Waals surface area contributed by atoms with Crippen molar-refractivity contribution in [3.8, 4) is 0 Å². The molecule has 6 heteroatoms. The van der Waals surface area contributed by atoms with Crippen molar-refractivity contribution in [3.63, 3.8) is 0 Å². The summed E-state index contributed by atoms with van der Waals surface area (Å²) < 4.78 is 25.5. The van der Waals surface area contributed by atoms with Crippen molar-refractivity contribution in [1.29, 1.82) is 0 Å². The molecule has 1 rings (SSSR count). The monoisotopic (exact) mass is 325 g/mol. The Morgan fingerprint density at radius 3 is 2.50 bits per heavy atom. The number of rotatable bonds is 4. The molecule has 0 heterocycles. The van der Waals surface area contributed by atoms with Gasteiger partial charge in [0.2, 0.25) is 10.0 Å². The topological polar surface area (TPSA) is 37.4 Å². The lowest BCUT2D eigenvalue weighted by molar-refractivity contribution is 0.473. The Kier molecular flexibility index (Phi) is 4.79. The van der Waals surface area contributed by atoms with E-state index < -0.39 is 10.0 Å². The molecule has 0 aliphatic rings. The third kappa shape index (κ3) is 3.20. The minimum absolute atomic E-state index is 0.0924. The highest BCUT2D eigenvalue weighted by Crippen LogP contribution is 2.23. The van der Waals surface area contributed by atoms with Crippen molar-refractivity contribution in [2.24, 2.45) is 0 Å². The molecule has 0 spiro atoms. The van der Waals surface area contributed by atoms with Gasteiger partial charge in [0, 0.05) is 18.4 Å². The van der Waals surface area contributed by atoms with Gasteiger partial charge in [-0.3, -0.25) is 0 Å². The average molecular weight is 327 g/mol. The van der Waals surface area contributed by atoms with E-state index in [-0.39, 0.29) is 14.7 Å². The second-order valence-corrected chi connectivity index (χ2v) is 7.48. The fourth-order valence-corrected chi connectivity index (χ4v) is 3.65. The molecule has 1 aromatic carbocycles. The molecule has 0 bridgehead atoms. The number of alkyl halides is 1. The van der Waals surface area contributed by atoms with Gasteiger partial charge < -0.3 is 0 Å². The van der Waals surface area contributed by atoms with Gasteiger partial charge in [0.05, 0.1) is 5.02 Å². The van der Waals surface area contributed by atoms with Gasteiger partial charge in [-0.1, -0.05) is 46.6 Å². The molecule has 0 N–H and O–H groups in total. The maximum Gasteiger partial charge on any atom is 0.244 e. The summed E-state index contributed by atoms with van der Waals surface area (Å²) >= 11 is 9.19. The minimum atomic E-state index is -3.49. The molecule has 90 valence electrons. The number of halogens is 2. The second kappa shape index (κ2) is 5.49. The number of hydrogen-bond donors (Lipinski definition) is 0. The summed E-state index contributed by atoms with van der Waals surface area (Å²) in [4.78, 5) is 0.238. The molecule has 16 heavy (non-hydrogen) atoms. The van der Waals surface area contributed by atoms with Crippen molar-refractivity contribution < 1.29 is 8.42 Å². The van der Waals surface area contributed by atoms with Gasteiger partial charge in [-0.2, -0.15) is 4.31 Å². The van der Waals surface area contributed by atoms with Gasteiger partial charge in [0.15, 0.2) is 0 Å². The van der Waals surface area contributed by atoms with Crippen LogP contribution in [0.5, 0.6) is 0 Å². The Balaban J connectivity index is 3.08. The van der Waals surface area contributed by atoms with Crippen LogP contribution in [0.1, 0.15) is 6.92 Å². The van der Waals surface area contributed by atoms with Crippen LogP contribution in [-0.2, 0) is 10.0 Å². The SMILES string of the molecule is CC(Br)CN(C)S(=O)(=O)c1ccccc1Cl. The highest BCUT2D eigenvalue weighted by Gasteiger charge is 2.23. The summed E-state index contributed by atoms with van der Waals surface area (Å²) in [6, 6.07) is 6.44. The van der Waals surface area contributed by atoms with Crippen molar-refractivity contribution in [3.05, 3.63) is 29.3 Å². The first-order valence-corrected chi connectivity index (χ1v) is 7.44. The van der Waals surface area contributed by atoms with Crippen molar-refractivity contribution in [2.75, 3.05) is 13.6 Å². The molecule has 1 unspecified atom stereocenters. The normalized spacial score (nSPS) is 14.1. The zero-order chi connectivity index (χ0) is 12.3. The van der Waals surface area contributed by atoms with Crippen LogP contribution >= 0.6 is 27.5 Å². The van der Waals surface area contributed by atoms with Crippen molar-refractivity contribution in [2.45, 2.75) is 16.6 Å². The van der Waals surface area contributed by atoms with Crippen LogP contribution in [0, 0.1) is 0 Å². The maximum atomic E-state index is 12.1. The van der Waals surface area contributed by atoms with Crippen LogP contribution < -0.4 is 0 Å². The standard InChI is InChI=1S/C10H13BrClNO2S/c1-8(11)7-13(2)16(14,15)10-6-4-3-5-9(10)12/h3-6,8H,7H2,1-2H3. The van der Waals surface area contributed by atoms with E-state index in [0.29, 0.717) is 6.54 Å². The lowest BCUT2D eigenvalue weighted by Crippen LogP contribution is -2.31. The van der Waals surface area contributed by atoms with E-state index in [1.54, 1.807) is 18.2 Å². The minimum Gasteiger partial charge on any atom is -0.207 e. The fraction of sp³-hybridized carbons (Fsp3) is 0.400. The molecule has 0 amide bonds. The molecule has 0 aliphatic carbocycles. The second-order valence-electron chi connectivity index (χ2n) is 3.50. The largest absolute Gasteiger partial charge is 0.244 e. The predicted octanol–water partition coefficient (Wildman–Crippen LogP) is 2.74. The van der Waals surface area contributed by atoms with E-state index >= 15 is 0 Å². The van der Waals surface area contributed by atoms with E-state index in [4.69, 9.17) is 11.6 Å². The molecule has 0 saturated heterocycles. The molecule has 0 fully saturated rings. The Bertz CT molecular complexity index is 462. The number of hydrogen-bond acceptors (Lipinski definition) is 2. The van der Waals surface area contributed by atoms with Gasteiger partial charge in [0.1, 0.15) is 4.90 Å². The van der Waals surface area contributed by atoms with E-state index in [9.17, 15) is 8.42 Å². The van der Waals surface area contributed by atoms with Crippen LogP contribution in [0.2, 0.25) is 5.02 Å². The first-order valence-electron chi connectivity index (χ1n) is 4.70. The van der Waals surface area contributed by atoms with Crippen LogP contribution in [-0.4, -0.2) is 31.1 Å². The van der Waals surface area contributed by atoms with Crippen LogP contribution in [0.15, 0.2) is 29.2 Å². The quantitative estimate of drug-likeness (QED) is 0.798. The summed E-state index contributed by atoms with van der Waals surface area (Å²) in [5.74, 6) is 0. The zero-order valence-electron chi connectivity index (χ0n) is 9.02. The highest BCUT2D eigenvalue weighted by molar-refractivity contribution is 9.09. The van der Waals surface area contributed by atoms with Gasteiger partial charge >= 0.3 is 0 Å². The fourth-order valence-electron chi connectivity index (χ4n) is 1.27. The molecular weight excluding hydrogens is 314 g/mol. The van der Waals surface area contributed by atoms with Crippen LogP contribution in [0.4, 0.5) is 0 Å². The van der Waals surface area contributed by atoms with Crippen molar-refractivity contribution >= 4 is 37.6 Å². The lowest BCUT2D eigenvalue weighted by Gasteiger charge is -2.19. The summed E-state index contributed by atoms with van der Waals surface area (Å²) in [5, 5.41) is 0.247. The average Bonchev–Trinajstić information content (AvgIpc) is 2.16. The third-order valence-corrected chi connectivity index (χ3v) is 4.65. The first-order chi connectivity index (χ1) is 7.35. The Morgan fingerprint density at radius 1 is 1.44 bits per heavy atom. The van der Waals surface area contributed by atoms with E-state index in [2.05, 4.69) is 15.9 Å². The summed E-state index contributed by atoms with van der Waals surface area (Å²) in [6.07, 6.45) is 0. The Hall–Kier alpha value is -0.100. The molecule has 1 aromatic rings. The molecule has 0 aromatic heterocycles. The molecule has 0 radical (unpaired) electrons. The number of sulfonamides is 1.